The van der Waals surface area contributed by atoms with Gasteiger partial charge in [-0.15, -0.1) is 0 Å². The van der Waals surface area contributed by atoms with Crippen LogP contribution in [0.1, 0.15) is 25.8 Å². The molecule has 0 unspecified atom stereocenters. The van der Waals surface area contributed by atoms with Gasteiger partial charge >= 0.3 is 0 Å². The molecule has 0 saturated carbocycles. The molecular formula is C22H27BrFN3O4S. The van der Waals surface area contributed by atoms with Crippen molar-refractivity contribution in [3.8, 4) is 0 Å². The smallest absolute Gasteiger partial charge is 0.244 e. The summed E-state index contributed by atoms with van der Waals surface area (Å²) in [5.74, 6) is -1.29. The van der Waals surface area contributed by atoms with Crippen LogP contribution in [0.2, 0.25) is 0 Å². The number of carbonyl (C=O) groups is 2. The lowest BCUT2D eigenvalue weighted by atomic mass is 10.1. The van der Waals surface area contributed by atoms with Crippen molar-refractivity contribution in [2.75, 3.05) is 23.7 Å². The fraction of sp³-hybridized carbons (Fsp3) is 0.364. The molecule has 0 aliphatic carbocycles. The highest BCUT2D eigenvalue weighted by Crippen LogP contribution is 2.23. The Kier molecular flexibility index (Phi) is 9.21. The summed E-state index contributed by atoms with van der Waals surface area (Å²) in [6.45, 7) is 3.49. The van der Waals surface area contributed by atoms with E-state index in [4.69, 9.17) is 0 Å². The third kappa shape index (κ3) is 7.03. The Morgan fingerprint density at radius 1 is 1.12 bits per heavy atom. The molecule has 0 saturated heterocycles. The Hall–Kier alpha value is -2.46. The highest BCUT2D eigenvalue weighted by molar-refractivity contribution is 9.10. The molecule has 0 heterocycles. The number of hydrogen-bond acceptors (Lipinski definition) is 4. The summed E-state index contributed by atoms with van der Waals surface area (Å²) in [6, 6.07) is 11.4. The van der Waals surface area contributed by atoms with Gasteiger partial charge in [-0.05, 0) is 49.2 Å². The number of carbonyl (C=O) groups excluding carboxylic acids is 2. The van der Waals surface area contributed by atoms with Crippen LogP contribution in [0.25, 0.3) is 0 Å². The summed E-state index contributed by atoms with van der Waals surface area (Å²) in [7, 11) is -3.79. The molecule has 0 fully saturated rings. The second-order valence-electron chi connectivity index (χ2n) is 7.22. The van der Waals surface area contributed by atoms with Crippen LogP contribution in [0.5, 0.6) is 0 Å². The Bertz CT molecular complexity index is 1050. The molecule has 2 rings (SSSR count). The Labute approximate surface area is 196 Å². The van der Waals surface area contributed by atoms with E-state index in [-0.39, 0.29) is 12.5 Å². The molecule has 2 aromatic carbocycles. The lowest BCUT2D eigenvalue weighted by molar-refractivity contribution is -0.140. The fourth-order valence-corrected chi connectivity index (χ4v) is 4.47. The van der Waals surface area contributed by atoms with Gasteiger partial charge in [0.1, 0.15) is 18.4 Å². The summed E-state index contributed by atoms with van der Waals surface area (Å²) < 4.78 is 40.0. The van der Waals surface area contributed by atoms with Gasteiger partial charge in [-0.2, -0.15) is 0 Å². The first kappa shape index (κ1) is 25.8. The summed E-state index contributed by atoms with van der Waals surface area (Å²) in [4.78, 5) is 27.4. The van der Waals surface area contributed by atoms with E-state index in [0.29, 0.717) is 28.7 Å². The number of likely N-dealkylation sites (N-methyl/N-ethyl adjacent to an activating group) is 1. The molecule has 32 heavy (non-hydrogen) atoms. The van der Waals surface area contributed by atoms with Gasteiger partial charge in [0.2, 0.25) is 21.8 Å². The van der Waals surface area contributed by atoms with Gasteiger partial charge in [-0.3, -0.25) is 13.9 Å². The van der Waals surface area contributed by atoms with Crippen LogP contribution in [-0.2, 0) is 26.2 Å². The van der Waals surface area contributed by atoms with Gasteiger partial charge in [0, 0.05) is 17.6 Å². The van der Waals surface area contributed by atoms with Gasteiger partial charge in [0.15, 0.2) is 0 Å². The number of rotatable bonds is 10. The molecule has 2 aromatic rings. The van der Waals surface area contributed by atoms with Crippen molar-refractivity contribution in [3.05, 3.63) is 64.4 Å². The Balaban J connectivity index is 2.42. The van der Waals surface area contributed by atoms with Crippen molar-refractivity contribution in [2.24, 2.45) is 0 Å². The van der Waals surface area contributed by atoms with Crippen molar-refractivity contribution in [3.63, 3.8) is 0 Å². The van der Waals surface area contributed by atoms with Crippen LogP contribution in [0.4, 0.5) is 10.1 Å². The first-order valence-electron chi connectivity index (χ1n) is 10.1. The minimum absolute atomic E-state index is 0.0326. The molecule has 0 aliphatic heterocycles. The summed E-state index contributed by atoms with van der Waals surface area (Å²) >= 11 is 3.31. The standard InChI is InChI=1S/C22H27BrFN3O4S/c1-4-20(22(29)25-5-2)26(14-16-9-11-18(24)12-10-16)21(28)15-27(32(3,30)31)19-8-6-7-17(23)13-19/h6-13,20H,4-5,14-15H2,1-3H3,(H,25,29)/t20-/m0/s1. The minimum Gasteiger partial charge on any atom is -0.355 e. The summed E-state index contributed by atoms with van der Waals surface area (Å²) in [5.41, 5.74) is 0.943. The first-order valence-corrected chi connectivity index (χ1v) is 12.8. The molecule has 0 bridgehead atoms. The normalized spacial score (nSPS) is 12.2. The van der Waals surface area contributed by atoms with Gasteiger partial charge in [-0.1, -0.05) is 41.1 Å². The maximum absolute atomic E-state index is 13.4. The zero-order chi connectivity index (χ0) is 23.9. The van der Waals surface area contributed by atoms with Crippen LogP contribution in [0, 0.1) is 5.82 Å². The molecule has 2 amide bonds. The van der Waals surface area contributed by atoms with Crippen molar-refractivity contribution in [2.45, 2.75) is 32.9 Å². The van der Waals surface area contributed by atoms with Crippen LogP contribution >= 0.6 is 15.9 Å². The van der Waals surface area contributed by atoms with Gasteiger partial charge in [-0.25, -0.2) is 12.8 Å². The zero-order valence-corrected chi connectivity index (χ0v) is 20.6. The van der Waals surface area contributed by atoms with Gasteiger partial charge in [0.25, 0.3) is 0 Å². The predicted octanol–water partition coefficient (Wildman–Crippen LogP) is 3.30. The van der Waals surface area contributed by atoms with Gasteiger partial charge in [0.05, 0.1) is 11.9 Å². The third-order valence-corrected chi connectivity index (χ3v) is 6.41. The molecular weight excluding hydrogens is 501 g/mol. The number of nitrogens with zero attached hydrogens (tertiary/aromatic N) is 2. The van der Waals surface area contributed by atoms with Gasteiger partial charge < -0.3 is 10.2 Å². The van der Waals surface area contributed by atoms with E-state index in [1.54, 1.807) is 38.1 Å². The molecule has 0 aromatic heterocycles. The molecule has 0 radical (unpaired) electrons. The van der Waals surface area contributed by atoms with E-state index in [0.717, 1.165) is 10.6 Å². The molecule has 1 atom stereocenters. The molecule has 1 N–H and O–H groups in total. The van der Waals surface area contributed by atoms with Crippen LogP contribution in [0.3, 0.4) is 0 Å². The first-order chi connectivity index (χ1) is 15.1. The lowest BCUT2D eigenvalue weighted by Gasteiger charge is -2.32. The molecule has 10 heteroatoms. The lowest BCUT2D eigenvalue weighted by Crippen LogP contribution is -2.52. The van der Waals surface area contributed by atoms with E-state index in [2.05, 4.69) is 21.2 Å². The summed E-state index contributed by atoms with van der Waals surface area (Å²) in [5, 5.41) is 2.72. The number of amides is 2. The van der Waals surface area contributed by atoms with E-state index < -0.39 is 34.3 Å². The third-order valence-electron chi connectivity index (χ3n) is 4.78. The van der Waals surface area contributed by atoms with Crippen LogP contribution in [0.15, 0.2) is 53.0 Å². The highest BCUT2D eigenvalue weighted by Gasteiger charge is 2.31. The SMILES string of the molecule is CCNC(=O)[C@H](CC)N(Cc1ccc(F)cc1)C(=O)CN(c1cccc(Br)c1)S(C)(=O)=O. The van der Waals surface area contributed by atoms with E-state index in [1.165, 1.54) is 29.2 Å². The minimum atomic E-state index is -3.79. The zero-order valence-electron chi connectivity index (χ0n) is 18.2. The highest BCUT2D eigenvalue weighted by atomic mass is 79.9. The van der Waals surface area contributed by atoms with Crippen molar-refractivity contribution in [1.82, 2.24) is 10.2 Å². The fourth-order valence-electron chi connectivity index (χ4n) is 3.24. The number of anilines is 1. The average Bonchev–Trinajstić information content (AvgIpc) is 2.72. The number of nitrogens with one attached hydrogen (secondary N) is 1. The number of sulfonamides is 1. The van der Waals surface area contributed by atoms with E-state index in [1.807, 2.05) is 0 Å². The largest absolute Gasteiger partial charge is 0.355 e. The van der Waals surface area contributed by atoms with Crippen LogP contribution in [-0.4, -0.2) is 50.5 Å². The van der Waals surface area contributed by atoms with Crippen molar-refractivity contribution < 1.29 is 22.4 Å². The molecule has 0 spiro atoms. The summed E-state index contributed by atoms with van der Waals surface area (Å²) in [6.07, 6.45) is 1.35. The maximum Gasteiger partial charge on any atom is 0.244 e. The maximum atomic E-state index is 13.4. The Morgan fingerprint density at radius 2 is 1.78 bits per heavy atom. The average molecular weight is 528 g/mol. The van der Waals surface area contributed by atoms with E-state index in [9.17, 15) is 22.4 Å². The number of benzene rings is 2. The van der Waals surface area contributed by atoms with E-state index >= 15 is 0 Å². The van der Waals surface area contributed by atoms with Crippen LogP contribution < -0.4 is 9.62 Å². The number of hydrogen-bond donors (Lipinski definition) is 1. The number of halogens is 2. The quantitative estimate of drug-likeness (QED) is 0.513. The second kappa shape index (κ2) is 11.4. The Morgan fingerprint density at radius 3 is 2.31 bits per heavy atom. The van der Waals surface area contributed by atoms with Crippen molar-refractivity contribution in [1.29, 1.82) is 0 Å². The molecule has 7 nitrogen and oxygen atoms in total. The second-order valence-corrected chi connectivity index (χ2v) is 10.0. The monoisotopic (exact) mass is 527 g/mol. The molecule has 174 valence electrons. The topological polar surface area (TPSA) is 86.8 Å². The predicted molar refractivity (Wildman–Crippen MR) is 126 cm³/mol. The van der Waals surface area contributed by atoms with Crippen molar-refractivity contribution >= 4 is 43.5 Å². The molecule has 0 aliphatic rings.